The van der Waals surface area contributed by atoms with E-state index in [4.69, 9.17) is 0 Å². The van der Waals surface area contributed by atoms with Crippen LogP contribution in [0.3, 0.4) is 0 Å². The number of aromatic nitrogens is 2. The summed E-state index contributed by atoms with van der Waals surface area (Å²) in [4.78, 5) is 8.78. The van der Waals surface area contributed by atoms with Crippen molar-refractivity contribution in [1.82, 2.24) is 15.3 Å². The van der Waals surface area contributed by atoms with E-state index in [1.165, 1.54) is 6.07 Å². The number of nitrogens with zero attached hydrogens (tertiary/aromatic N) is 2. The number of benzene rings is 1. The maximum absolute atomic E-state index is 13.3. The monoisotopic (exact) mass is 277 g/mol. The second-order valence-corrected chi connectivity index (χ2v) is 4.61. The van der Waals surface area contributed by atoms with E-state index in [9.17, 15) is 8.78 Å². The largest absolute Gasteiger partial charge is 0.313 e. The van der Waals surface area contributed by atoms with Gasteiger partial charge in [0.05, 0.1) is 0 Å². The van der Waals surface area contributed by atoms with E-state index in [2.05, 4.69) is 15.3 Å². The summed E-state index contributed by atoms with van der Waals surface area (Å²) in [6.45, 7) is 7.38. The van der Waals surface area contributed by atoms with Crippen molar-refractivity contribution in [1.29, 1.82) is 0 Å². The topological polar surface area (TPSA) is 37.8 Å². The van der Waals surface area contributed by atoms with Crippen molar-refractivity contribution in [2.75, 3.05) is 6.54 Å². The van der Waals surface area contributed by atoms with Crippen molar-refractivity contribution in [3.05, 3.63) is 46.8 Å². The van der Waals surface area contributed by atoms with Crippen molar-refractivity contribution in [2.45, 2.75) is 27.3 Å². The zero-order valence-corrected chi connectivity index (χ0v) is 11.8. The predicted molar refractivity (Wildman–Crippen MR) is 74.2 cm³/mol. The Kier molecular flexibility index (Phi) is 4.39. The van der Waals surface area contributed by atoms with E-state index in [0.29, 0.717) is 17.9 Å². The number of aryl methyl sites for hydroxylation is 2. The molecule has 0 fully saturated rings. The van der Waals surface area contributed by atoms with Gasteiger partial charge in [-0.3, -0.25) is 0 Å². The normalized spacial score (nSPS) is 10.8. The number of hydrogen-bond acceptors (Lipinski definition) is 3. The third-order valence-corrected chi connectivity index (χ3v) is 3.15. The fraction of sp³-hybridized carbons (Fsp3) is 0.333. The second kappa shape index (κ2) is 6.05. The molecule has 0 aliphatic heterocycles. The fourth-order valence-electron chi connectivity index (χ4n) is 2.01. The third-order valence-electron chi connectivity index (χ3n) is 3.15. The fourth-order valence-corrected chi connectivity index (χ4v) is 2.01. The summed E-state index contributed by atoms with van der Waals surface area (Å²) in [5, 5.41) is 3.23. The Morgan fingerprint density at radius 1 is 1.05 bits per heavy atom. The minimum atomic E-state index is -0.891. The van der Waals surface area contributed by atoms with Gasteiger partial charge in [-0.15, -0.1) is 0 Å². The Balaban J connectivity index is 2.41. The van der Waals surface area contributed by atoms with E-state index in [1.54, 1.807) is 0 Å². The number of rotatable bonds is 4. The second-order valence-electron chi connectivity index (χ2n) is 4.61. The molecule has 0 saturated heterocycles. The van der Waals surface area contributed by atoms with Crippen LogP contribution in [0.1, 0.15) is 23.9 Å². The van der Waals surface area contributed by atoms with Crippen LogP contribution in [0.4, 0.5) is 8.78 Å². The summed E-state index contributed by atoms with van der Waals surface area (Å²) in [5.74, 6) is -1.34. The lowest BCUT2D eigenvalue weighted by Crippen LogP contribution is -2.15. The summed E-state index contributed by atoms with van der Waals surface area (Å²) in [7, 11) is 0. The molecule has 0 bridgehead atoms. The minimum absolute atomic E-state index is 0.416. The molecule has 5 heteroatoms. The van der Waals surface area contributed by atoms with Crippen LogP contribution in [0.15, 0.2) is 18.2 Å². The smallest absolute Gasteiger partial charge is 0.159 e. The van der Waals surface area contributed by atoms with Gasteiger partial charge in [0, 0.05) is 29.1 Å². The van der Waals surface area contributed by atoms with Gasteiger partial charge >= 0.3 is 0 Å². The van der Waals surface area contributed by atoms with Crippen LogP contribution in [0.2, 0.25) is 0 Å². The van der Waals surface area contributed by atoms with Crippen LogP contribution in [0.5, 0.6) is 0 Å². The first-order valence-electron chi connectivity index (χ1n) is 6.53. The van der Waals surface area contributed by atoms with Crippen molar-refractivity contribution in [3.8, 4) is 11.4 Å². The molecule has 1 aromatic carbocycles. The maximum atomic E-state index is 13.3. The highest BCUT2D eigenvalue weighted by Gasteiger charge is 2.11. The molecule has 1 heterocycles. The highest BCUT2D eigenvalue weighted by Crippen LogP contribution is 2.20. The third kappa shape index (κ3) is 2.99. The quantitative estimate of drug-likeness (QED) is 0.933. The Labute approximate surface area is 117 Å². The van der Waals surface area contributed by atoms with Gasteiger partial charge in [0.15, 0.2) is 17.5 Å². The van der Waals surface area contributed by atoms with Gasteiger partial charge in [0.1, 0.15) is 0 Å². The lowest BCUT2D eigenvalue weighted by atomic mass is 10.1. The molecule has 1 N–H and O–H groups in total. The number of halogens is 2. The average molecular weight is 277 g/mol. The van der Waals surface area contributed by atoms with Crippen LogP contribution < -0.4 is 5.32 Å². The summed E-state index contributed by atoms with van der Waals surface area (Å²) in [6, 6.07) is 3.69. The van der Waals surface area contributed by atoms with E-state index in [0.717, 1.165) is 35.6 Å². The van der Waals surface area contributed by atoms with Crippen molar-refractivity contribution >= 4 is 0 Å². The first kappa shape index (κ1) is 14.5. The molecule has 0 aliphatic rings. The molecule has 20 heavy (non-hydrogen) atoms. The van der Waals surface area contributed by atoms with Crippen LogP contribution in [-0.2, 0) is 6.54 Å². The molecule has 106 valence electrons. The molecule has 0 atom stereocenters. The zero-order chi connectivity index (χ0) is 14.7. The lowest BCUT2D eigenvalue weighted by Gasteiger charge is -2.11. The molecule has 0 radical (unpaired) electrons. The van der Waals surface area contributed by atoms with E-state index < -0.39 is 11.6 Å². The molecular formula is C15H17F2N3. The molecule has 3 nitrogen and oxygen atoms in total. The molecule has 0 spiro atoms. The first-order valence-corrected chi connectivity index (χ1v) is 6.53. The van der Waals surface area contributed by atoms with Gasteiger partial charge in [-0.2, -0.15) is 0 Å². The van der Waals surface area contributed by atoms with Gasteiger partial charge in [-0.1, -0.05) is 6.92 Å². The van der Waals surface area contributed by atoms with Crippen molar-refractivity contribution in [3.63, 3.8) is 0 Å². The molecule has 0 amide bonds. The van der Waals surface area contributed by atoms with Gasteiger partial charge in [-0.25, -0.2) is 18.7 Å². The summed E-state index contributed by atoms with van der Waals surface area (Å²) < 4.78 is 26.2. The highest BCUT2D eigenvalue weighted by molar-refractivity contribution is 5.55. The summed E-state index contributed by atoms with van der Waals surface area (Å²) in [6.07, 6.45) is 0. The van der Waals surface area contributed by atoms with Crippen molar-refractivity contribution in [2.24, 2.45) is 0 Å². The Hall–Kier alpha value is -1.88. The summed E-state index contributed by atoms with van der Waals surface area (Å²) in [5.41, 5.74) is 3.21. The maximum Gasteiger partial charge on any atom is 0.159 e. The number of hydrogen-bond donors (Lipinski definition) is 1. The predicted octanol–water partition coefficient (Wildman–Crippen LogP) is 3.15. The van der Waals surface area contributed by atoms with Crippen LogP contribution >= 0.6 is 0 Å². The average Bonchev–Trinajstić information content (AvgIpc) is 2.41. The zero-order valence-electron chi connectivity index (χ0n) is 11.8. The van der Waals surface area contributed by atoms with E-state index in [1.807, 2.05) is 20.8 Å². The Bertz CT molecular complexity index is 604. The Morgan fingerprint density at radius 2 is 1.70 bits per heavy atom. The first-order chi connectivity index (χ1) is 9.52. The molecule has 1 aromatic heterocycles. The standard InChI is InChI=1S/C15H17F2N3/c1-4-18-8-12-9(2)19-15(20-10(12)3)11-5-6-13(16)14(17)7-11/h5-7,18H,4,8H2,1-3H3. The van der Waals surface area contributed by atoms with Crippen molar-refractivity contribution < 1.29 is 8.78 Å². The minimum Gasteiger partial charge on any atom is -0.313 e. The SMILES string of the molecule is CCNCc1c(C)nc(-c2ccc(F)c(F)c2)nc1C. The Morgan fingerprint density at radius 3 is 2.25 bits per heavy atom. The van der Waals surface area contributed by atoms with E-state index in [-0.39, 0.29) is 0 Å². The number of nitrogens with one attached hydrogen (secondary N) is 1. The van der Waals surface area contributed by atoms with Gasteiger partial charge < -0.3 is 5.32 Å². The molecular weight excluding hydrogens is 260 g/mol. The highest BCUT2D eigenvalue weighted by atomic mass is 19.2. The molecule has 2 aromatic rings. The lowest BCUT2D eigenvalue weighted by molar-refractivity contribution is 0.509. The molecule has 2 rings (SSSR count). The molecule has 0 aliphatic carbocycles. The molecule has 0 saturated carbocycles. The van der Waals surface area contributed by atoms with Gasteiger partial charge in [0.2, 0.25) is 0 Å². The summed E-state index contributed by atoms with van der Waals surface area (Å²) >= 11 is 0. The van der Waals surface area contributed by atoms with E-state index >= 15 is 0 Å². The van der Waals surface area contributed by atoms with Crippen LogP contribution in [0, 0.1) is 25.5 Å². The van der Waals surface area contributed by atoms with Crippen LogP contribution in [-0.4, -0.2) is 16.5 Å². The molecule has 0 unspecified atom stereocenters. The van der Waals surface area contributed by atoms with Gasteiger partial charge in [0.25, 0.3) is 0 Å². The van der Waals surface area contributed by atoms with Gasteiger partial charge in [-0.05, 0) is 38.6 Å². The van der Waals surface area contributed by atoms with Crippen LogP contribution in [0.25, 0.3) is 11.4 Å².